The Hall–Kier alpha value is -0.130. The Bertz CT molecular complexity index is 138. The van der Waals surface area contributed by atoms with Gasteiger partial charge in [-0.15, -0.1) is 0 Å². The number of unbranched alkanes of at least 4 members (excludes halogenated alkanes) is 1. The van der Waals surface area contributed by atoms with Crippen LogP contribution in [-0.2, 0) is 15.7 Å². The van der Waals surface area contributed by atoms with Crippen molar-refractivity contribution in [2.45, 2.75) is 19.8 Å². The summed E-state index contributed by atoms with van der Waals surface area (Å²) in [6, 6.07) is 0. The molecule has 5 heteroatoms. The SMILES string of the molecule is CCCCN(OC)[SH](=O)=O. The third-order valence-electron chi connectivity index (χ3n) is 1.10. The van der Waals surface area contributed by atoms with Gasteiger partial charge in [-0.05, 0) is 6.42 Å². The number of hydroxylamine groups is 1. The highest BCUT2D eigenvalue weighted by atomic mass is 32.2. The number of thiol groups is 1. The largest absolute Gasteiger partial charge is 0.288 e. The van der Waals surface area contributed by atoms with E-state index in [1.807, 2.05) is 6.92 Å². The molecule has 10 heavy (non-hydrogen) atoms. The quantitative estimate of drug-likeness (QED) is 0.469. The topological polar surface area (TPSA) is 46.6 Å². The van der Waals surface area contributed by atoms with Crippen molar-refractivity contribution in [2.75, 3.05) is 13.7 Å². The van der Waals surface area contributed by atoms with E-state index in [9.17, 15) is 8.42 Å². The minimum atomic E-state index is -2.56. The van der Waals surface area contributed by atoms with Crippen LogP contribution in [0.4, 0.5) is 0 Å². The van der Waals surface area contributed by atoms with Crippen molar-refractivity contribution in [1.29, 1.82) is 0 Å². The van der Waals surface area contributed by atoms with Gasteiger partial charge in [0.05, 0.1) is 7.11 Å². The van der Waals surface area contributed by atoms with Crippen LogP contribution in [0.3, 0.4) is 0 Å². The van der Waals surface area contributed by atoms with Crippen molar-refractivity contribution in [3.8, 4) is 0 Å². The monoisotopic (exact) mass is 167 g/mol. The standard InChI is InChI=1S/C5H13NO3S/c1-3-4-5-6(9-2)10(7)8/h10H,3-5H2,1-2H3. The molecule has 0 aromatic rings. The lowest BCUT2D eigenvalue weighted by atomic mass is 10.3. The summed E-state index contributed by atoms with van der Waals surface area (Å²) in [5.41, 5.74) is 0. The second-order valence-electron chi connectivity index (χ2n) is 1.85. The Morgan fingerprint density at radius 2 is 2.10 bits per heavy atom. The zero-order chi connectivity index (χ0) is 7.98. The third kappa shape index (κ3) is 3.81. The fourth-order valence-electron chi connectivity index (χ4n) is 0.533. The summed E-state index contributed by atoms with van der Waals surface area (Å²) >= 11 is 0. The van der Waals surface area contributed by atoms with Crippen LogP contribution in [0.15, 0.2) is 0 Å². The summed E-state index contributed by atoms with van der Waals surface area (Å²) in [7, 11) is -1.22. The number of rotatable bonds is 5. The molecule has 0 N–H and O–H groups in total. The first-order valence-electron chi connectivity index (χ1n) is 3.18. The summed E-state index contributed by atoms with van der Waals surface area (Å²) in [6.07, 6.45) is 1.79. The molecule has 0 aromatic heterocycles. The van der Waals surface area contributed by atoms with Gasteiger partial charge in [0.15, 0.2) is 0 Å². The molecule has 0 bridgehead atoms. The van der Waals surface area contributed by atoms with Crippen molar-refractivity contribution in [3.63, 3.8) is 0 Å². The van der Waals surface area contributed by atoms with Crippen LogP contribution < -0.4 is 0 Å². The van der Waals surface area contributed by atoms with E-state index in [-0.39, 0.29) is 0 Å². The second kappa shape index (κ2) is 5.64. The Kier molecular flexibility index (Phi) is 5.57. The van der Waals surface area contributed by atoms with Gasteiger partial charge in [-0.3, -0.25) is 4.84 Å². The fraction of sp³-hybridized carbons (Fsp3) is 1.00. The maximum atomic E-state index is 10.3. The predicted molar refractivity (Wildman–Crippen MR) is 38.9 cm³/mol. The molecule has 0 aliphatic carbocycles. The zero-order valence-corrected chi connectivity index (χ0v) is 7.13. The van der Waals surface area contributed by atoms with Crippen LogP contribution in [0.5, 0.6) is 0 Å². The van der Waals surface area contributed by atoms with E-state index < -0.39 is 10.9 Å². The first-order chi connectivity index (χ1) is 4.72. The van der Waals surface area contributed by atoms with E-state index in [2.05, 4.69) is 4.84 Å². The van der Waals surface area contributed by atoms with Crippen LogP contribution in [0.1, 0.15) is 19.8 Å². The average Bonchev–Trinajstić information content (AvgIpc) is 1.89. The molecule has 0 fully saturated rings. The molecule has 0 saturated heterocycles. The van der Waals surface area contributed by atoms with E-state index in [0.29, 0.717) is 6.54 Å². The van der Waals surface area contributed by atoms with Crippen molar-refractivity contribution >= 4 is 10.9 Å². The average molecular weight is 167 g/mol. The minimum absolute atomic E-state index is 0.450. The highest BCUT2D eigenvalue weighted by molar-refractivity contribution is 7.69. The van der Waals surface area contributed by atoms with Crippen LogP contribution in [-0.4, -0.2) is 26.5 Å². The first-order valence-corrected chi connectivity index (χ1v) is 4.31. The zero-order valence-electron chi connectivity index (χ0n) is 6.24. The Labute approximate surface area is 62.8 Å². The molecular weight excluding hydrogens is 154 g/mol. The molecule has 4 nitrogen and oxygen atoms in total. The second-order valence-corrected chi connectivity index (χ2v) is 2.77. The Morgan fingerprint density at radius 3 is 2.40 bits per heavy atom. The maximum absolute atomic E-state index is 10.3. The van der Waals surface area contributed by atoms with Crippen LogP contribution >= 0.6 is 0 Å². The molecule has 0 saturated carbocycles. The molecule has 0 rings (SSSR count). The van der Waals surface area contributed by atoms with Gasteiger partial charge in [0.25, 0.3) is 0 Å². The van der Waals surface area contributed by atoms with Gasteiger partial charge >= 0.3 is 0 Å². The lowest BCUT2D eigenvalue weighted by Crippen LogP contribution is -2.21. The highest BCUT2D eigenvalue weighted by Gasteiger charge is 2.02. The molecule has 0 aromatic carbocycles. The summed E-state index contributed by atoms with van der Waals surface area (Å²) in [6.45, 7) is 2.44. The molecule has 62 valence electrons. The first kappa shape index (κ1) is 9.87. The minimum Gasteiger partial charge on any atom is -0.288 e. The molecule has 0 amide bonds. The summed E-state index contributed by atoms with van der Waals surface area (Å²) < 4.78 is 21.5. The molecule has 0 aliphatic rings. The maximum Gasteiger partial charge on any atom is 0.225 e. The van der Waals surface area contributed by atoms with Gasteiger partial charge in [-0.2, -0.15) is 0 Å². The van der Waals surface area contributed by atoms with E-state index in [1.165, 1.54) is 7.11 Å². The number of nitrogens with zero attached hydrogens (tertiary/aromatic N) is 1. The Morgan fingerprint density at radius 1 is 1.50 bits per heavy atom. The lowest BCUT2D eigenvalue weighted by Gasteiger charge is -2.09. The van der Waals surface area contributed by atoms with Crippen molar-refractivity contribution in [2.24, 2.45) is 0 Å². The van der Waals surface area contributed by atoms with Crippen molar-refractivity contribution in [3.05, 3.63) is 0 Å². The molecule has 0 radical (unpaired) electrons. The van der Waals surface area contributed by atoms with Gasteiger partial charge < -0.3 is 0 Å². The highest BCUT2D eigenvalue weighted by Crippen LogP contribution is 1.93. The third-order valence-corrected chi connectivity index (χ3v) is 1.82. The van der Waals surface area contributed by atoms with Gasteiger partial charge in [0, 0.05) is 6.54 Å². The molecular formula is C5H13NO3S. The molecule has 0 aliphatic heterocycles. The van der Waals surface area contributed by atoms with Gasteiger partial charge in [-0.1, -0.05) is 17.8 Å². The van der Waals surface area contributed by atoms with Gasteiger partial charge in [0.1, 0.15) is 0 Å². The van der Waals surface area contributed by atoms with E-state index >= 15 is 0 Å². The summed E-state index contributed by atoms with van der Waals surface area (Å²) in [5, 5.41) is 0. The smallest absolute Gasteiger partial charge is 0.225 e. The molecule has 0 spiro atoms. The summed E-state index contributed by atoms with van der Waals surface area (Å²) in [5.74, 6) is 0. The molecule has 0 heterocycles. The summed E-state index contributed by atoms with van der Waals surface area (Å²) in [4.78, 5) is 4.55. The molecule has 0 unspecified atom stereocenters. The van der Waals surface area contributed by atoms with Gasteiger partial charge in [-0.25, -0.2) is 8.42 Å². The predicted octanol–water partition coefficient (Wildman–Crippen LogP) is 0.176. The lowest BCUT2D eigenvalue weighted by molar-refractivity contribution is -0.0453. The van der Waals surface area contributed by atoms with E-state index in [0.717, 1.165) is 17.3 Å². The van der Waals surface area contributed by atoms with Crippen molar-refractivity contribution in [1.82, 2.24) is 4.47 Å². The Balaban J connectivity index is 3.61. The normalized spacial score (nSPS) is 11.2. The molecule has 0 atom stereocenters. The van der Waals surface area contributed by atoms with E-state index in [1.54, 1.807) is 0 Å². The number of hydrogen-bond acceptors (Lipinski definition) is 3. The number of hydrogen-bond donors (Lipinski definition) is 1. The van der Waals surface area contributed by atoms with Gasteiger partial charge in [0.2, 0.25) is 10.9 Å². The van der Waals surface area contributed by atoms with E-state index in [4.69, 9.17) is 0 Å². The van der Waals surface area contributed by atoms with Crippen molar-refractivity contribution < 1.29 is 13.3 Å². The fourth-order valence-corrected chi connectivity index (χ4v) is 0.971. The van der Waals surface area contributed by atoms with Crippen LogP contribution in [0.2, 0.25) is 0 Å². The van der Waals surface area contributed by atoms with Crippen LogP contribution in [0, 0.1) is 0 Å². The van der Waals surface area contributed by atoms with Crippen LogP contribution in [0.25, 0.3) is 0 Å².